The molecular formula is C18H22O3. The predicted octanol–water partition coefficient (Wildman–Crippen LogP) is 3.95. The second-order valence-electron chi connectivity index (χ2n) is 6.69. The molecule has 0 radical (unpaired) electrons. The lowest BCUT2D eigenvalue weighted by molar-refractivity contribution is -0.0934. The lowest BCUT2D eigenvalue weighted by Gasteiger charge is -2.47. The van der Waals surface area contributed by atoms with Crippen LogP contribution in [0.15, 0.2) is 29.8 Å². The van der Waals surface area contributed by atoms with Crippen molar-refractivity contribution in [2.24, 2.45) is 23.7 Å². The molecule has 1 aromatic carbocycles. The third-order valence-electron chi connectivity index (χ3n) is 5.49. The van der Waals surface area contributed by atoms with Crippen LogP contribution in [0.1, 0.15) is 32.4 Å². The first kappa shape index (κ1) is 13.2. The SMILES string of the molecule is CC1=C[C@H](C)[C@H]2CO[C@@H](c3ccc4c(c3)OCO4)[C@@H]1[C@H]2C. The summed E-state index contributed by atoms with van der Waals surface area (Å²) in [6, 6.07) is 6.21. The van der Waals surface area contributed by atoms with Crippen LogP contribution in [0, 0.1) is 23.7 Å². The summed E-state index contributed by atoms with van der Waals surface area (Å²) in [4.78, 5) is 0. The van der Waals surface area contributed by atoms with Gasteiger partial charge in [0.25, 0.3) is 0 Å². The molecule has 2 heterocycles. The van der Waals surface area contributed by atoms with E-state index in [0.29, 0.717) is 30.5 Å². The van der Waals surface area contributed by atoms with Gasteiger partial charge in [0, 0.05) is 5.92 Å². The molecule has 3 nitrogen and oxygen atoms in total. The third kappa shape index (κ3) is 1.98. The summed E-state index contributed by atoms with van der Waals surface area (Å²) in [6.45, 7) is 8.11. The molecule has 5 atom stereocenters. The van der Waals surface area contributed by atoms with Crippen LogP contribution in [0.5, 0.6) is 11.5 Å². The van der Waals surface area contributed by atoms with Gasteiger partial charge in [-0.15, -0.1) is 0 Å². The van der Waals surface area contributed by atoms with Gasteiger partial charge in [0.05, 0.1) is 12.7 Å². The van der Waals surface area contributed by atoms with Crippen LogP contribution >= 0.6 is 0 Å². The molecule has 0 N–H and O–H groups in total. The van der Waals surface area contributed by atoms with Crippen LogP contribution in [0.25, 0.3) is 0 Å². The van der Waals surface area contributed by atoms with Gasteiger partial charge in [-0.05, 0) is 42.4 Å². The highest BCUT2D eigenvalue weighted by molar-refractivity contribution is 5.45. The summed E-state index contributed by atoms with van der Waals surface area (Å²) in [7, 11) is 0. The molecule has 0 amide bonds. The Hall–Kier alpha value is -1.48. The molecule has 0 saturated carbocycles. The van der Waals surface area contributed by atoms with Gasteiger partial charge in [-0.3, -0.25) is 0 Å². The number of hydrogen-bond donors (Lipinski definition) is 0. The number of rotatable bonds is 1. The quantitative estimate of drug-likeness (QED) is 0.732. The van der Waals surface area contributed by atoms with E-state index in [4.69, 9.17) is 14.2 Å². The molecule has 1 aliphatic carbocycles. The van der Waals surface area contributed by atoms with E-state index in [1.54, 1.807) is 0 Å². The predicted molar refractivity (Wildman–Crippen MR) is 80.3 cm³/mol. The van der Waals surface area contributed by atoms with E-state index in [0.717, 1.165) is 18.1 Å². The zero-order valence-corrected chi connectivity index (χ0v) is 12.8. The van der Waals surface area contributed by atoms with Crippen LogP contribution in [-0.4, -0.2) is 13.4 Å². The first-order valence-corrected chi connectivity index (χ1v) is 7.84. The first-order chi connectivity index (χ1) is 10.1. The largest absolute Gasteiger partial charge is 0.454 e. The maximum Gasteiger partial charge on any atom is 0.231 e. The highest BCUT2D eigenvalue weighted by Crippen LogP contribution is 2.50. The summed E-state index contributed by atoms with van der Waals surface area (Å²) in [5.74, 6) is 4.08. The van der Waals surface area contributed by atoms with Gasteiger partial charge >= 0.3 is 0 Å². The summed E-state index contributed by atoms with van der Waals surface area (Å²) in [5.41, 5.74) is 2.67. The van der Waals surface area contributed by atoms with Crippen LogP contribution < -0.4 is 9.47 Å². The van der Waals surface area contributed by atoms with Crippen LogP contribution in [-0.2, 0) is 4.74 Å². The number of ether oxygens (including phenoxy) is 3. The van der Waals surface area contributed by atoms with Gasteiger partial charge in [-0.25, -0.2) is 0 Å². The Kier molecular flexibility index (Phi) is 3.00. The average Bonchev–Trinajstić information content (AvgIpc) is 2.91. The number of allylic oxidation sites excluding steroid dienone is 1. The normalized spacial score (nSPS) is 37.3. The second kappa shape index (κ2) is 4.77. The molecule has 2 bridgehead atoms. The van der Waals surface area contributed by atoms with E-state index in [1.165, 1.54) is 11.1 Å². The minimum Gasteiger partial charge on any atom is -0.454 e. The Morgan fingerprint density at radius 2 is 1.90 bits per heavy atom. The molecule has 0 spiro atoms. The van der Waals surface area contributed by atoms with E-state index in [2.05, 4.69) is 39.0 Å². The van der Waals surface area contributed by atoms with Gasteiger partial charge < -0.3 is 14.2 Å². The Morgan fingerprint density at radius 1 is 1.10 bits per heavy atom. The van der Waals surface area contributed by atoms with E-state index in [-0.39, 0.29) is 6.10 Å². The molecule has 1 aromatic rings. The van der Waals surface area contributed by atoms with Gasteiger partial charge in [-0.1, -0.05) is 31.6 Å². The molecule has 21 heavy (non-hydrogen) atoms. The molecule has 3 heteroatoms. The van der Waals surface area contributed by atoms with E-state index < -0.39 is 0 Å². The fourth-order valence-corrected chi connectivity index (χ4v) is 4.34. The van der Waals surface area contributed by atoms with Gasteiger partial charge in [0.15, 0.2) is 11.5 Å². The fourth-order valence-electron chi connectivity index (χ4n) is 4.34. The molecular weight excluding hydrogens is 264 g/mol. The Balaban J connectivity index is 1.71. The topological polar surface area (TPSA) is 27.7 Å². The minimum atomic E-state index is 0.134. The Labute approximate surface area is 125 Å². The zero-order chi connectivity index (χ0) is 14.6. The monoisotopic (exact) mass is 286 g/mol. The second-order valence-corrected chi connectivity index (χ2v) is 6.69. The number of fused-ring (bicyclic) bond motifs is 3. The highest BCUT2D eigenvalue weighted by Gasteiger charge is 2.43. The summed E-state index contributed by atoms with van der Waals surface area (Å²) in [6.07, 6.45) is 2.58. The van der Waals surface area contributed by atoms with Crippen molar-refractivity contribution in [2.75, 3.05) is 13.4 Å². The summed E-state index contributed by atoms with van der Waals surface area (Å²) < 4.78 is 17.2. The lowest BCUT2D eigenvalue weighted by atomic mass is 9.64. The number of hydrogen-bond acceptors (Lipinski definition) is 3. The molecule has 3 aliphatic rings. The van der Waals surface area contributed by atoms with Crippen molar-refractivity contribution >= 4 is 0 Å². The van der Waals surface area contributed by atoms with Gasteiger partial charge in [-0.2, -0.15) is 0 Å². The number of benzene rings is 1. The highest BCUT2D eigenvalue weighted by atomic mass is 16.7. The van der Waals surface area contributed by atoms with Crippen LogP contribution in [0.2, 0.25) is 0 Å². The third-order valence-corrected chi connectivity index (χ3v) is 5.49. The smallest absolute Gasteiger partial charge is 0.231 e. The standard InChI is InChI=1S/C18H22O3/c1-10-6-11(2)17-12(3)14(10)8-19-18(17)13-4-5-15-16(7-13)21-9-20-15/h4-7,10,12,14,17-18H,8-9H2,1-3H3/t10-,12-,14+,17-,18-/m0/s1. The van der Waals surface area contributed by atoms with Crippen molar-refractivity contribution in [1.82, 2.24) is 0 Å². The van der Waals surface area contributed by atoms with Crippen LogP contribution in [0.4, 0.5) is 0 Å². The molecule has 0 aromatic heterocycles. The van der Waals surface area contributed by atoms with Crippen molar-refractivity contribution in [2.45, 2.75) is 26.9 Å². The van der Waals surface area contributed by atoms with Gasteiger partial charge in [0.2, 0.25) is 6.79 Å². The van der Waals surface area contributed by atoms with Crippen molar-refractivity contribution in [1.29, 1.82) is 0 Å². The lowest BCUT2D eigenvalue weighted by Crippen LogP contribution is -2.42. The van der Waals surface area contributed by atoms with Crippen molar-refractivity contribution in [3.05, 3.63) is 35.4 Å². The van der Waals surface area contributed by atoms with E-state index in [9.17, 15) is 0 Å². The molecule has 1 saturated heterocycles. The van der Waals surface area contributed by atoms with E-state index >= 15 is 0 Å². The first-order valence-electron chi connectivity index (χ1n) is 7.84. The molecule has 4 rings (SSSR count). The molecule has 112 valence electrons. The van der Waals surface area contributed by atoms with Crippen molar-refractivity contribution in [3.63, 3.8) is 0 Å². The van der Waals surface area contributed by atoms with Crippen LogP contribution in [0.3, 0.4) is 0 Å². The zero-order valence-electron chi connectivity index (χ0n) is 12.8. The van der Waals surface area contributed by atoms with Crippen molar-refractivity contribution < 1.29 is 14.2 Å². The minimum absolute atomic E-state index is 0.134. The van der Waals surface area contributed by atoms with Crippen molar-refractivity contribution in [3.8, 4) is 11.5 Å². The fraction of sp³-hybridized carbons (Fsp3) is 0.556. The summed E-state index contributed by atoms with van der Waals surface area (Å²) >= 11 is 0. The summed E-state index contributed by atoms with van der Waals surface area (Å²) in [5, 5.41) is 0. The average molecular weight is 286 g/mol. The molecule has 1 fully saturated rings. The Bertz CT molecular complexity index is 592. The maximum atomic E-state index is 6.26. The van der Waals surface area contributed by atoms with Gasteiger partial charge in [0.1, 0.15) is 0 Å². The Morgan fingerprint density at radius 3 is 2.76 bits per heavy atom. The molecule has 0 unspecified atom stereocenters. The maximum absolute atomic E-state index is 6.26. The molecule has 2 aliphatic heterocycles. The van der Waals surface area contributed by atoms with E-state index in [1.807, 2.05) is 6.07 Å².